The molecule has 164 valence electrons. The van der Waals surface area contributed by atoms with E-state index in [0.717, 1.165) is 74.7 Å². The number of unbranched alkanes of at least 4 members (excludes halogenated alkanes) is 1. The van der Waals surface area contributed by atoms with Crippen LogP contribution in [0.3, 0.4) is 0 Å². The maximum Gasteiger partial charge on any atom is 0.252 e. The summed E-state index contributed by atoms with van der Waals surface area (Å²) < 4.78 is 27.1. The van der Waals surface area contributed by atoms with Gasteiger partial charge in [-0.15, -0.1) is 0 Å². The molecule has 1 aliphatic heterocycles. The fraction of sp³-hybridized carbons (Fsp3) is 0.652. The highest BCUT2D eigenvalue weighted by atomic mass is 19.1. The zero-order chi connectivity index (χ0) is 21.1. The summed E-state index contributed by atoms with van der Waals surface area (Å²) in [5.74, 6) is -0.275. The van der Waals surface area contributed by atoms with Crippen LogP contribution in [-0.4, -0.2) is 52.8 Å². The third kappa shape index (κ3) is 4.52. The van der Waals surface area contributed by atoms with Gasteiger partial charge < -0.3 is 18.9 Å². The highest BCUT2D eigenvalue weighted by Crippen LogP contribution is 2.38. The largest absolute Gasteiger partial charge is 0.385 e. The molecule has 1 saturated heterocycles. The quantitative estimate of drug-likeness (QED) is 0.573. The standard InChI is InChI=1S/C23H32FN3O3/c1-16(27(18-8-9-18)23(28)21-7-3-5-12-30-21)20-15-26(10-4-6-11-29-2)22-19(20)13-17(24)14-25-22/h13-16,18,21H,3-12H2,1-2H3/t16-,21-/m1/s1. The molecule has 0 aromatic carbocycles. The number of rotatable bonds is 9. The molecule has 0 N–H and O–H groups in total. The third-order valence-electron chi connectivity index (χ3n) is 6.23. The van der Waals surface area contributed by atoms with Crippen molar-refractivity contribution in [1.29, 1.82) is 0 Å². The first kappa shape index (κ1) is 21.2. The topological polar surface area (TPSA) is 56.6 Å². The van der Waals surface area contributed by atoms with E-state index in [1.807, 2.05) is 11.8 Å². The molecular formula is C23H32FN3O3. The van der Waals surface area contributed by atoms with E-state index in [0.29, 0.717) is 6.61 Å². The Labute approximate surface area is 177 Å². The molecular weight excluding hydrogens is 385 g/mol. The molecule has 0 spiro atoms. The molecule has 30 heavy (non-hydrogen) atoms. The number of amides is 1. The van der Waals surface area contributed by atoms with Crippen LogP contribution in [0.5, 0.6) is 0 Å². The van der Waals surface area contributed by atoms with Gasteiger partial charge in [0.2, 0.25) is 0 Å². The van der Waals surface area contributed by atoms with Crippen LogP contribution in [0.4, 0.5) is 4.39 Å². The zero-order valence-electron chi connectivity index (χ0n) is 18.0. The van der Waals surface area contributed by atoms with E-state index < -0.39 is 0 Å². The summed E-state index contributed by atoms with van der Waals surface area (Å²) in [4.78, 5) is 19.7. The Kier molecular flexibility index (Phi) is 6.68. The fourth-order valence-corrected chi connectivity index (χ4v) is 4.50. The first-order chi connectivity index (χ1) is 14.6. The van der Waals surface area contributed by atoms with Gasteiger partial charge in [-0.05, 0) is 57.9 Å². The van der Waals surface area contributed by atoms with Gasteiger partial charge in [-0.25, -0.2) is 9.37 Å². The summed E-state index contributed by atoms with van der Waals surface area (Å²) in [6.07, 6.45) is 9.74. The van der Waals surface area contributed by atoms with E-state index in [4.69, 9.17) is 9.47 Å². The Morgan fingerprint density at radius 1 is 1.37 bits per heavy atom. The minimum atomic E-state index is -0.354. The van der Waals surface area contributed by atoms with Crippen LogP contribution in [-0.2, 0) is 20.8 Å². The molecule has 4 rings (SSSR count). The van der Waals surface area contributed by atoms with Crippen LogP contribution in [0.15, 0.2) is 18.5 Å². The van der Waals surface area contributed by atoms with Crippen molar-refractivity contribution in [2.24, 2.45) is 0 Å². The third-order valence-corrected chi connectivity index (χ3v) is 6.23. The molecule has 6 nitrogen and oxygen atoms in total. The number of hydrogen-bond donors (Lipinski definition) is 0. The van der Waals surface area contributed by atoms with E-state index in [-0.39, 0.29) is 29.9 Å². The lowest BCUT2D eigenvalue weighted by molar-refractivity contribution is -0.149. The average molecular weight is 418 g/mol. The van der Waals surface area contributed by atoms with Crippen molar-refractivity contribution in [3.8, 4) is 0 Å². The van der Waals surface area contributed by atoms with Gasteiger partial charge in [0, 0.05) is 50.1 Å². The predicted molar refractivity (Wildman–Crippen MR) is 113 cm³/mol. The van der Waals surface area contributed by atoms with Crippen molar-refractivity contribution in [3.05, 3.63) is 29.8 Å². The van der Waals surface area contributed by atoms with E-state index >= 15 is 0 Å². The number of ether oxygens (including phenoxy) is 2. The van der Waals surface area contributed by atoms with Crippen LogP contribution in [0.1, 0.15) is 63.5 Å². The second-order valence-electron chi connectivity index (χ2n) is 8.51. The first-order valence-electron chi connectivity index (χ1n) is 11.2. The van der Waals surface area contributed by atoms with Crippen molar-refractivity contribution in [2.75, 3.05) is 20.3 Å². The van der Waals surface area contributed by atoms with Gasteiger partial charge in [-0.1, -0.05) is 0 Å². The van der Waals surface area contributed by atoms with Gasteiger partial charge in [0.1, 0.15) is 17.6 Å². The fourth-order valence-electron chi connectivity index (χ4n) is 4.50. The summed E-state index contributed by atoms with van der Waals surface area (Å²) in [7, 11) is 1.70. The number of halogens is 1. The Balaban J connectivity index is 1.62. The molecule has 1 amide bonds. The minimum Gasteiger partial charge on any atom is -0.385 e. The van der Waals surface area contributed by atoms with Crippen molar-refractivity contribution >= 4 is 16.9 Å². The number of carbonyl (C=O) groups is 1. The maximum atomic E-state index is 14.1. The first-order valence-corrected chi connectivity index (χ1v) is 11.2. The van der Waals surface area contributed by atoms with Crippen molar-refractivity contribution in [3.63, 3.8) is 0 Å². The summed E-state index contributed by atoms with van der Waals surface area (Å²) >= 11 is 0. The van der Waals surface area contributed by atoms with Crippen molar-refractivity contribution in [1.82, 2.24) is 14.5 Å². The van der Waals surface area contributed by atoms with Gasteiger partial charge in [-0.2, -0.15) is 0 Å². The van der Waals surface area contributed by atoms with Crippen LogP contribution >= 0.6 is 0 Å². The van der Waals surface area contributed by atoms with Gasteiger partial charge in [-0.3, -0.25) is 4.79 Å². The Hall–Kier alpha value is -1.99. The molecule has 1 saturated carbocycles. The molecule has 2 aromatic rings. The molecule has 0 radical (unpaired) electrons. The number of pyridine rings is 1. The molecule has 2 aromatic heterocycles. The predicted octanol–water partition coefficient (Wildman–Crippen LogP) is 4.22. The van der Waals surface area contributed by atoms with Crippen LogP contribution in [0.25, 0.3) is 11.0 Å². The van der Waals surface area contributed by atoms with Gasteiger partial charge in [0.15, 0.2) is 0 Å². The Bertz CT molecular complexity index is 874. The summed E-state index contributed by atoms with van der Waals surface area (Å²) in [6, 6.07) is 1.65. The second-order valence-corrected chi connectivity index (χ2v) is 8.51. The maximum absolute atomic E-state index is 14.1. The van der Waals surface area contributed by atoms with E-state index in [1.54, 1.807) is 13.2 Å². The molecule has 0 bridgehead atoms. The molecule has 2 aliphatic rings. The van der Waals surface area contributed by atoms with E-state index in [2.05, 4.69) is 15.7 Å². The lowest BCUT2D eigenvalue weighted by Gasteiger charge is -2.34. The normalized spacial score (nSPS) is 20.4. The lowest BCUT2D eigenvalue weighted by atomic mass is 10.0. The Morgan fingerprint density at radius 3 is 2.90 bits per heavy atom. The zero-order valence-corrected chi connectivity index (χ0v) is 18.0. The SMILES string of the molecule is COCCCCn1cc([C@@H](C)N(C(=O)[C@H]2CCCCO2)C2CC2)c2cc(F)cnc21. The number of carbonyl (C=O) groups excluding carboxylic acids is 1. The second kappa shape index (κ2) is 9.43. The number of fused-ring (bicyclic) bond motifs is 1. The summed E-state index contributed by atoms with van der Waals surface area (Å²) in [5, 5.41) is 0.789. The lowest BCUT2D eigenvalue weighted by Crippen LogP contribution is -2.44. The molecule has 7 heteroatoms. The van der Waals surface area contributed by atoms with Crippen LogP contribution in [0, 0.1) is 5.82 Å². The molecule has 2 atom stereocenters. The molecule has 1 aliphatic carbocycles. The van der Waals surface area contributed by atoms with Crippen LogP contribution in [0.2, 0.25) is 0 Å². The number of nitrogens with zero attached hydrogens (tertiary/aromatic N) is 3. The highest BCUT2D eigenvalue weighted by molar-refractivity contribution is 5.85. The van der Waals surface area contributed by atoms with Gasteiger partial charge >= 0.3 is 0 Å². The molecule has 2 fully saturated rings. The average Bonchev–Trinajstić information content (AvgIpc) is 3.53. The molecule has 3 heterocycles. The van der Waals surface area contributed by atoms with E-state index in [1.165, 1.54) is 6.20 Å². The van der Waals surface area contributed by atoms with E-state index in [9.17, 15) is 9.18 Å². The van der Waals surface area contributed by atoms with Crippen LogP contribution < -0.4 is 0 Å². The smallest absolute Gasteiger partial charge is 0.252 e. The number of aryl methyl sites for hydroxylation is 1. The number of methoxy groups -OCH3 is 1. The summed E-state index contributed by atoms with van der Waals surface area (Å²) in [5.41, 5.74) is 1.73. The van der Waals surface area contributed by atoms with Crippen molar-refractivity contribution in [2.45, 2.75) is 76.6 Å². The Morgan fingerprint density at radius 2 is 2.20 bits per heavy atom. The number of aromatic nitrogens is 2. The van der Waals surface area contributed by atoms with Crippen molar-refractivity contribution < 1.29 is 18.7 Å². The van der Waals surface area contributed by atoms with Gasteiger partial charge in [0.25, 0.3) is 5.91 Å². The molecule has 0 unspecified atom stereocenters. The summed E-state index contributed by atoms with van der Waals surface area (Å²) in [6.45, 7) is 4.21. The van der Waals surface area contributed by atoms with Gasteiger partial charge in [0.05, 0.1) is 12.2 Å². The minimum absolute atomic E-state index is 0.0788. The highest BCUT2D eigenvalue weighted by Gasteiger charge is 2.40. The number of hydrogen-bond acceptors (Lipinski definition) is 4. The monoisotopic (exact) mass is 417 g/mol.